The number of aliphatic hydroxyl groups excluding tert-OH is 1. The summed E-state index contributed by atoms with van der Waals surface area (Å²) in [6, 6.07) is 21.2. The molecule has 0 bridgehead atoms. The fraction of sp³-hybridized carbons (Fsp3) is 0.606. The third-order valence-electron chi connectivity index (χ3n) is 11.1. The van der Waals surface area contributed by atoms with Crippen LogP contribution in [0.25, 0.3) is 0 Å². The maximum Gasteiger partial charge on any atom is 0.341 e. The fourth-order valence-corrected chi connectivity index (χ4v) is 13.7. The van der Waals surface area contributed by atoms with E-state index in [2.05, 4.69) is 76.2 Å². The minimum atomic E-state index is -2.89. The summed E-state index contributed by atoms with van der Waals surface area (Å²) in [5, 5.41) is 25.5. The van der Waals surface area contributed by atoms with Crippen molar-refractivity contribution in [1.29, 1.82) is 0 Å². The highest BCUT2D eigenvalue weighted by atomic mass is 28.4. The maximum absolute atomic E-state index is 13.0. The molecular formula is C33H44O7Si. The van der Waals surface area contributed by atoms with Gasteiger partial charge in [-0.2, -0.15) is 0 Å². The van der Waals surface area contributed by atoms with Gasteiger partial charge in [0.25, 0.3) is 8.32 Å². The number of carbonyl (C=O) groups is 1. The van der Waals surface area contributed by atoms with Crippen LogP contribution in [-0.4, -0.2) is 68.4 Å². The van der Waals surface area contributed by atoms with E-state index in [1.54, 1.807) is 0 Å². The highest BCUT2D eigenvalue weighted by Crippen LogP contribution is 2.69. The largest absolute Gasteiger partial charge is 0.463 e. The summed E-state index contributed by atoms with van der Waals surface area (Å²) in [5.74, 6) is -0.881. The van der Waals surface area contributed by atoms with Crippen LogP contribution in [0.2, 0.25) is 5.04 Å². The van der Waals surface area contributed by atoms with Crippen LogP contribution in [0.3, 0.4) is 0 Å². The third-order valence-corrected chi connectivity index (χ3v) is 16.2. The predicted octanol–water partition coefficient (Wildman–Crippen LogP) is 3.40. The number of cyclic esters (lactones) is 1. The highest BCUT2D eigenvalue weighted by molar-refractivity contribution is 6.99. The molecule has 6 rings (SSSR count). The number of ether oxygens (including phenoxy) is 3. The van der Waals surface area contributed by atoms with Gasteiger partial charge in [0.05, 0.1) is 19.3 Å². The molecule has 2 aliphatic heterocycles. The molecule has 222 valence electrons. The third kappa shape index (κ3) is 4.05. The molecule has 0 unspecified atom stereocenters. The van der Waals surface area contributed by atoms with Crippen LogP contribution in [-0.2, 0) is 23.4 Å². The Morgan fingerprint density at radius 1 is 1.00 bits per heavy atom. The second-order valence-corrected chi connectivity index (χ2v) is 18.2. The number of hydrogen-bond donors (Lipinski definition) is 2. The predicted molar refractivity (Wildman–Crippen MR) is 157 cm³/mol. The lowest BCUT2D eigenvalue weighted by atomic mass is 9.48. The molecule has 2 aliphatic carbocycles. The van der Waals surface area contributed by atoms with Gasteiger partial charge in [-0.3, -0.25) is 0 Å². The second-order valence-electron chi connectivity index (χ2n) is 14.0. The molecule has 2 aromatic rings. The number of hydrogen-bond acceptors (Lipinski definition) is 7. The lowest BCUT2D eigenvalue weighted by Gasteiger charge is -2.56. The zero-order valence-electron chi connectivity index (χ0n) is 24.8. The van der Waals surface area contributed by atoms with Crippen LogP contribution >= 0.6 is 0 Å². The Morgan fingerprint density at radius 3 is 2.10 bits per heavy atom. The summed E-state index contributed by atoms with van der Waals surface area (Å²) in [6.45, 7) is 12.1. The molecule has 7 atom stereocenters. The Morgan fingerprint density at radius 2 is 1.56 bits per heavy atom. The van der Waals surface area contributed by atoms with E-state index in [-0.39, 0.29) is 36.0 Å². The van der Waals surface area contributed by atoms with Crippen LogP contribution in [0.5, 0.6) is 0 Å². The van der Waals surface area contributed by atoms with Crippen LogP contribution in [0.15, 0.2) is 60.7 Å². The number of esters is 1. The quantitative estimate of drug-likeness (QED) is 0.400. The van der Waals surface area contributed by atoms with Crippen molar-refractivity contribution in [3.05, 3.63) is 60.7 Å². The summed E-state index contributed by atoms with van der Waals surface area (Å²) in [6.07, 6.45) is -0.378. The minimum Gasteiger partial charge on any atom is -0.463 e. The Hall–Kier alpha value is -2.07. The van der Waals surface area contributed by atoms with E-state index in [1.165, 1.54) is 10.4 Å². The van der Waals surface area contributed by atoms with Crippen LogP contribution < -0.4 is 10.4 Å². The van der Waals surface area contributed by atoms with Crippen molar-refractivity contribution >= 4 is 24.7 Å². The van der Waals surface area contributed by atoms with Crippen molar-refractivity contribution < 1.29 is 33.6 Å². The molecule has 2 heterocycles. The molecule has 2 saturated heterocycles. The minimum absolute atomic E-state index is 0.00586. The van der Waals surface area contributed by atoms with Crippen LogP contribution in [0.1, 0.15) is 53.9 Å². The number of fused-ring (bicyclic) bond motifs is 3. The lowest BCUT2D eigenvalue weighted by molar-refractivity contribution is -0.225. The molecule has 4 aliphatic rings. The van der Waals surface area contributed by atoms with Gasteiger partial charge in [0, 0.05) is 17.9 Å². The Labute approximate surface area is 244 Å². The van der Waals surface area contributed by atoms with E-state index in [9.17, 15) is 15.0 Å². The topological polar surface area (TPSA) is 94.5 Å². The first-order valence-electron chi connectivity index (χ1n) is 15.0. The molecule has 7 nitrogen and oxygen atoms in total. The van der Waals surface area contributed by atoms with E-state index in [1.807, 2.05) is 19.1 Å². The molecular weight excluding hydrogens is 536 g/mol. The average molecular weight is 581 g/mol. The molecule has 2 saturated carbocycles. The SMILES string of the molecule is C[C@@H]1[C@@H](O[Si](c2ccccc2)(c2ccccc2)C(C)(C)C)C[C@@H]2[C@@]1(CC1OCCO1)C[C@H](O)[C@@]1(O)C(=O)OC[C@@]21C. The van der Waals surface area contributed by atoms with Crippen LogP contribution in [0, 0.1) is 22.7 Å². The van der Waals surface area contributed by atoms with Crippen molar-refractivity contribution in [3.8, 4) is 0 Å². The number of benzene rings is 2. The molecule has 41 heavy (non-hydrogen) atoms. The van der Waals surface area contributed by atoms with Gasteiger partial charge < -0.3 is 28.8 Å². The van der Waals surface area contributed by atoms with E-state index in [0.29, 0.717) is 26.1 Å². The van der Waals surface area contributed by atoms with Gasteiger partial charge in [0.2, 0.25) is 0 Å². The average Bonchev–Trinajstić information content (AvgIpc) is 3.62. The Bertz CT molecular complexity index is 1220. The normalized spacial score (nSPS) is 37.6. The first-order valence-corrected chi connectivity index (χ1v) is 16.9. The van der Waals surface area contributed by atoms with Crippen molar-refractivity contribution in [2.24, 2.45) is 22.7 Å². The van der Waals surface area contributed by atoms with Gasteiger partial charge in [-0.05, 0) is 45.5 Å². The number of aliphatic hydroxyl groups is 2. The first kappa shape index (κ1) is 29.0. The fourth-order valence-electron chi connectivity index (χ4n) is 8.96. The van der Waals surface area contributed by atoms with Gasteiger partial charge in [0.15, 0.2) is 11.9 Å². The molecule has 4 fully saturated rings. The molecule has 0 radical (unpaired) electrons. The molecule has 2 N–H and O–H groups in total. The van der Waals surface area contributed by atoms with Crippen LogP contribution in [0.4, 0.5) is 0 Å². The highest BCUT2D eigenvalue weighted by Gasteiger charge is 2.76. The van der Waals surface area contributed by atoms with Gasteiger partial charge in [0.1, 0.15) is 6.61 Å². The summed E-state index contributed by atoms with van der Waals surface area (Å²) in [5.41, 5.74) is -3.41. The van der Waals surface area contributed by atoms with E-state index < -0.39 is 43.1 Å². The standard InChI is InChI=1S/C33H44O7Si/c1-22-25(40-41(30(2,3)4,23-12-8-6-9-13-23)24-14-10-7-11-15-24)18-26-31(5)21-39-29(35)33(31,36)27(34)19-32(22,26)20-28-37-16-17-38-28/h6-15,22,25-28,34,36H,16-21H2,1-5H3/t22-,25+,26+,27+,31+,32-,33-/m1/s1. The summed E-state index contributed by atoms with van der Waals surface area (Å²) in [7, 11) is -2.89. The van der Waals surface area contributed by atoms with Gasteiger partial charge in [-0.15, -0.1) is 0 Å². The van der Waals surface area contributed by atoms with Crippen molar-refractivity contribution in [3.63, 3.8) is 0 Å². The van der Waals surface area contributed by atoms with Crippen molar-refractivity contribution in [2.45, 2.75) is 83.0 Å². The molecule has 2 aromatic carbocycles. The molecule has 8 heteroatoms. The number of carbonyl (C=O) groups excluding carboxylic acids is 1. The lowest BCUT2D eigenvalue weighted by Crippen LogP contribution is -2.68. The molecule has 0 spiro atoms. The van der Waals surface area contributed by atoms with Crippen molar-refractivity contribution in [2.75, 3.05) is 19.8 Å². The zero-order chi connectivity index (χ0) is 29.3. The smallest absolute Gasteiger partial charge is 0.341 e. The Kier molecular flexibility index (Phi) is 7.08. The van der Waals surface area contributed by atoms with Crippen molar-refractivity contribution in [1.82, 2.24) is 0 Å². The number of rotatable bonds is 6. The van der Waals surface area contributed by atoms with E-state index in [4.69, 9.17) is 18.6 Å². The van der Waals surface area contributed by atoms with Gasteiger partial charge in [-0.25, -0.2) is 4.79 Å². The van der Waals surface area contributed by atoms with Gasteiger partial charge >= 0.3 is 5.97 Å². The summed E-state index contributed by atoms with van der Waals surface area (Å²) < 4.78 is 25.1. The monoisotopic (exact) mass is 580 g/mol. The summed E-state index contributed by atoms with van der Waals surface area (Å²) >= 11 is 0. The maximum atomic E-state index is 13.0. The van der Waals surface area contributed by atoms with E-state index in [0.717, 1.165) is 0 Å². The first-order chi connectivity index (χ1) is 19.4. The molecule has 0 aromatic heterocycles. The zero-order valence-corrected chi connectivity index (χ0v) is 25.8. The van der Waals surface area contributed by atoms with Gasteiger partial charge in [-0.1, -0.05) is 95.3 Å². The molecule has 0 amide bonds. The second kappa shape index (κ2) is 10.00. The Balaban J connectivity index is 1.49. The summed E-state index contributed by atoms with van der Waals surface area (Å²) in [4.78, 5) is 13.0. The van der Waals surface area contributed by atoms with E-state index >= 15 is 0 Å².